The van der Waals surface area contributed by atoms with Crippen molar-refractivity contribution < 1.29 is 0 Å². The minimum Gasteiger partial charge on any atom is -0.267 e. The van der Waals surface area contributed by atoms with E-state index in [4.69, 9.17) is 0 Å². The first kappa shape index (κ1) is 12.2. The van der Waals surface area contributed by atoms with Crippen LogP contribution in [-0.2, 0) is 7.05 Å². The van der Waals surface area contributed by atoms with Crippen LogP contribution in [-0.4, -0.2) is 9.78 Å². The first-order valence-corrected chi connectivity index (χ1v) is 6.29. The van der Waals surface area contributed by atoms with Crippen LogP contribution in [0.1, 0.15) is 47.7 Å². The fraction of sp³-hybridized carbons (Fsp3) is 0.533. The second kappa shape index (κ2) is 3.86. The Kier molecular flexibility index (Phi) is 2.76. The van der Waals surface area contributed by atoms with E-state index >= 15 is 0 Å². The molecule has 0 N–H and O–H groups in total. The fourth-order valence-corrected chi connectivity index (χ4v) is 3.20. The molecule has 0 atom stereocenters. The molecule has 0 saturated carbocycles. The Morgan fingerprint density at radius 2 is 1.53 bits per heavy atom. The summed E-state index contributed by atoms with van der Waals surface area (Å²) < 4.78 is 2.02. The molecule has 2 rings (SSSR count). The molecule has 0 spiro atoms. The molecule has 0 unspecified atom stereocenters. The first-order chi connectivity index (χ1) is 7.86. The van der Waals surface area contributed by atoms with Gasteiger partial charge in [-0.25, -0.2) is 0 Å². The van der Waals surface area contributed by atoms with Crippen LogP contribution in [0, 0.1) is 27.7 Å². The summed E-state index contributed by atoms with van der Waals surface area (Å²) in [7, 11) is 2.04. The minimum atomic E-state index is 0.567. The van der Waals surface area contributed by atoms with Crippen molar-refractivity contribution >= 4 is 10.9 Å². The number of hydrogen-bond donors (Lipinski definition) is 0. The molecule has 0 aliphatic heterocycles. The summed E-state index contributed by atoms with van der Waals surface area (Å²) in [5.74, 6) is 0.567. The molecule has 0 saturated heterocycles. The van der Waals surface area contributed by atoms with E-state index in [-0.39, 0.29) is 0 Å². The van der Waals surface area contributed by atoms with Crippen molar-refractivity contribution in [2.24, 2.45) is 7.05 Å². The van der Waals surface area contributed by atoms with E-state index in [0.717, 1.165) is 5.69 Å². The summed E-state index contributed by atoms with van der Waals surface area (Å²) in [5.41, 5.74) is 8.13. The van der Waals surface area contributed by atoms with Crippen LogP contribution in [0.2, 0.25) is 0 Å². The number of fused-ring (bicyclic) bond motifs is 1. The number of aromatic nitrogens is 2. The molecule has 0 bridgehead atoms. The van der Waals surface area contributed by atoms with Gasteiger partial charge in [0.2, 0.25) is 0 Å². The summed E-state index contributed by atoms with van der Waals surface area (Å²) in [6.45, 7) is 13.3. The monoisotopic (exact) mass is 230 g/mol. The number of aryl methyl sites for hydroxylation is 4. The van der Waals surface area contributed by atoms with Gasteiger partial charge in [0.15, 0.2) is 0 Å². The van der Waals surface area contributed by atoms with Crippen LogP contribution in [0.3, 0.4) is 0 Å². The lowest BCUT2D eigenvalue weighted by Gasteiger charge is -2.18. The maximum absolute atomic E-state index is 4.57. The van der Waals surface area contributed by atoms with Gasteiger partial charge in [0, 0.05) is 12.4 Å². The molecule has 1 heterocycles. The van der Waals surface area contributed by atoms with Crippen molar-refractivity contribution in [3.63, 3.8) is 0 Å². The van der Waals surface area contributed by atoms with Gasteiger partial charge in [-0.1, -0.05) is 13.8 Å². The molecule has 0 aliphatic rings. The first-order valence-electron chi connectivity index (χ1n) is 6.29. The topological polar surface area (TPSA) is 17.8 Å². The van der Waals surface area contributed by atoms with Crippen LogP contribution < -0.4 is 0 Å². The number of benzene rings is 1. The van der Waals surface area contributed by atoms with Crippen LogP contribution in [0.5, 0.6) is 0 Å². The van der Waals surface area contributed by atoms with Crippen molar-refractivity contribution in [1.82, 2.24) is 9.78 Å². The van der Waals surface area contributed by atoms with E-state index in [1.54, 1.807) is 0 Å². The highest BCUT2D eigenvalue weighted by molar-refractivity contribution is 5.90. The highest BCUT2D eigenvalue weighted by Crippen LogP contribution is 2.34. The third kappa shape index (κ3) is 1.58. The van der Waals surface area contributed by atoms with E-state index in [2.05, 4.69) is 46.6 Å². The number of hydrogen-bond acceptors (Lipinski definition) is 1. The Hall–Kier alpha value is -1.31. The third-order valence-electron chi connectivity index (χ3n) is 3.90. The second-order valence-corrected chi connectivity index (χ2v) is 5.38. The molecular weight excluding hydrogens is 208 g/mol. The highest BCUT2D eigenvalue weighted by Gasteiger charge is 2.18. The van der Waals surface area contributed by atoms with Crippen molar-refractivity contribution in [3.8, 4) is 0 Å². The van der Waals surface area contributed by atoms with Gasteiger partial charge in [-0.05, 0) is 55.9 Å². The molecule has 17 heavy (non-hydrogen) atoms. The number of nitrogens with zero attached hydrogens (tertiary/aromatic N) is 2. The maximum atomic E-state index is 4.57. The second-order valence-electron chi connectivity index (χ2n) is 5.38. The van der Waals surface area contributed by atoms with E-state index in [0.29, 0.717) is 5.92 Å². The van der Waals surface area contributed by atoms with E-state index < -0.39 is 0 Å². The molecular formula is C15H22N2. The van der Waals surface area contributed by atoms with Gasteiger partial charge in [-0.15, -0.1) is 0 Å². The largest absolute Gasteiger partial charge is 0.267 e. The zero-order valence-electron chi connectivity index (χ0n) is 12.0. The lowest BCUT2D eigenvalue weighted by Crippen LogP contribution is -2.02. The van der Waals surface area contributed by atoms with Crippen LogP contribution in [0.4, 0.5) is 0 Å². The van der Waals surface area contributed by atoms with Crippen LogP contribution in [0.25, 0.3) is 10.9 Å². The Morgan fingerprint density at radius 1 is 0.941 bits per heavy atom. The third-order valence-corrected chi connectivity index (χ3v) is 3.90. The van der Waals surface area contributed by atoms with Gasteiger partial charge in [0.1, 0.15) is 0 Å². The average Bonchev–Trinajstić information content (AvgIpc) is 2.50. The fourth-order valence-electron chi connectivity index (χ4n) is 3.20. The average molecular weight is 230 g/mol. The summed E-state index contributed by atoms with van der Waals surface area (Å²) in [5, 5.41) is 5.92. The van der Waals surface area contributed by atoms with Crippen LogP contribution in [0.15, 0.2) is 0 Å². The van der Waals surface area contributed by atoms with Crippen molar-refractivity contribution in [1.29, 1.82) is 0 Å². The van der Waals surface area contributed by atoms with E-state index in [9.17, 15) is 0 Å². The predicted octanol–water partition coefficient (Wildman–Crippen LogP) is 3.93. The summed E-state index contributed by atoms with van der Waals surface area (Å²) in [6.07, 6.45) is 0. The van der Waals surface area contributed by atoms with Gasteiger partial charge < -0.3 is 0 Å². The summed E-state index contributed by atoms with van der Waals surface area (Å²) >= 11 is 0. The van der Waals surface area contributed by atoms with Crippen molar-refractivity contribution in [2.45, 2.75) is 47.5 Å². The lowest BCUT2D eigenvalue weighted by atomic mass is 9.87. The van der Waals surface area contributed by atoms with Gasteiger partial charge >= 0.3 is 0 Å². The minimum absolute atomic E-state index is 0.567. The Bertz CT molecular complexity index is 589. The maximum Gasteiger partial charge on any atom is 0.0716 e. The molecule has 2 nitrogen and oxygen atoms in total. The SMILES string of the molecule is Cc1c(C(C)C)c(C)c2c(C)nn(C)c2c1C. The zero-order valence-corrected chi connectivity index (χ0v) is 12.0. The molecule has 2 aromatic rings. The van der Waals surface area contributed by atoms with Crippen LogP contribution >= 0.6 is 0 Å². The van der Waals surface area contributed by atoms with E-state index in [1.807, 2.05) is 11.7 Å². The zero-order chi connectivity index (χ0) is 12.9. The predicted molar refractivity (Wildman–Crippen MR) is 73.8 cm³/mol. The quantitative estimate of drug-likeness (QED) is 0.725. The van der Waals surface area contributed by atoms with Gasteiger partial charge in [-0.3, -0.25) is 4.68 Å². The Morgan fingerprint density at radius 3 is 2.06 bits per heavy atom. The Labute approximate surface area is 104 Å². The normalized spacial score (nSPS) is 11.8. The summed E-state index contributed by atoms with van der Waals surface area (Å²) in [6, 6.07) is 0. The van der Waals surface area contributed by atoms with Gasteiger partial charge in [0.25, 0.3) is 0 Å². The molecule has 0 amide bonds. The van der Waals surface area contributed by atoms with Crippen molar-refractivity contribution in [3.05, 3.63) is 27.9 Å². The molecule has 1 aromatic heterocycles. The summed E-state index contributed by atoms with van der Waals surface area (Å²) in [4.78, 5) is 0. The molecule has 1 aromatic carbocycles. The molecule has 0 aliphatic carbocycles. The molecule has 2 heteroatoms. The Balaban J connectivity index is 3.03. The van der Waals surface area contributed by atoms with Gasteiger partial charge in [-0.2, -0.15) is 5.10 Å². The molecule has 0 radical (unpaired) electrons. The molecule has 0 fully saturated rings. The lowest BCUT2D eigenvalue weighted by molar-refractivity contribution is 0.780. The molecule has 92 valence electrons. The van der Waals surface area contributed by atoms with E-state index in [1.165, 1.54) is 33.2 Å². The number of rotatable bonds is 1. The highest BCUT2D eigenvalue weighted by atomic mass is 15.3. The van der Waals surface area contributed by atoms with Gasteiger partial charge in [0.05, 0.1) is 11.2 Å². The smallest absolute Gasteiger partial charge is 0.0716 e. The standard InChI is InChI=1S/C15H22N2/c1-8(2)13-9(3)10(4)15-14(11(13)5)12(6)16-17(15)7/h8H,1-7H3. The van der Waals surface area contributed by atoms with Crippen molar-refractivity contribution in [2.75, 3.05) is 0 Å².